The smallest absolute Gasteiger partial charge is 0.339 e. The van der Waals surface area contributed by atoms with Gasteiger partial charge in [0.1, 0.15) is 17.9 Å². The summed E-state index contributed by atoms with van der Waals surface area (Å²) in [6, 6.07) is 3.82. The highest BCUT2D eigenvalue weighted by Crippen LogP contribution is 2.21. The van der Waals surface area contributed by atoms with Gasteiger partial charge in [0.05, 0.1) is 0 Å². The molecule has 18 heavy (non-hydrogen) atoms. The third-order valence-electron chi connectivity index (χ3n) is 2.09. The van der Waals surface area contributed by atoms with E-state index >= 15 is 0 Å². The Morgan fingerprint density at radius 1 is 1.39 bits per heavy atom. The second-order valence-electron chi connectivity index (χ2n) is 3.64. The highest BCUT2D eigenvalue weighted by molar-refractivity contribution is 5.95. The van der Waals surface area contributed by atoms with Crippen LogP contribution in [0.4, 0.5) is 5.69 Å². The molecule has 1 aromatic carbocycles. The van der Waals surface area contributed by atoms with E-state index in [9.17, 15) is 14.7 Å². The average molecular weight is 253 g/mol. The van der Waals surface area contributed by atoms with E-state index in [0.717, 1.165) is 6.42 Å². The highest BCUT2D eigenvalue weighted by atomic mass is 16.5. The predicted octanol–water partition coefficient (Wildman–Crippen LogP) is 1.46. The number of amides is 1. The van der Waals surface area contributed by atoms with Crippen molar-refractivity contribution in [3.05, 3.63) is 23.8 Å². The molecule has 0 aliphatic carbocycles. The normalized spacial score (nSPS) is 10.1. The van der Waals surface area contributed by atoms with Crippen molar-refractivity contribution in [3.8, 4) is 5.75 Å². The van der Waals surface area contributed by atoms with E-state index in [1.165, 1.54) is 18.2 Å². The standard InChI is InChI=1S/C12H15NO5/c1-2-5-18-7-11(15)13-8-3-4-10(14)9(6-8)12(16)17/h3-4,6,14H,2,5,7H2,1H3,(H,13,15)(H,16,17). The fraction of sp³-hybridized carbons (Fsp3) is 0.333. The quantitative estimate of drug-likeness (QED) is 0.527. The van der Waals surface area contributed by atoms with E-state index in [4.69, 9.17) is 9.84 Å². The first-order chi connectivity index (χ1) is 8.54. The lowest BCUT2D eigenvalue weighted by Crippen LogP contribution is -2.18. The average Bonchev–Trinajstić information content (AvgIpc) is 2.31. The first-order valence-electron chi connectivity index (χ1n) is 5.48. The van der Waals surface area contributed by atoms with Crippen molar-refractivity contribution < 1.29 is 24.5 Å². The lowest BCUT2D eigenvalue weighted by atomic mass is 10.2. The minimum Gasteiger partial charge on any atom is -0.507 e. The molecule has 0 saturated carbocycles. The minimum atomic E-state index is -1.26. The number of benzene rings is 1. The molecule has 6 nitrogen and oxygen atoms in total. The molecule has 0 radical (unpaired) electrons. The summed E-state index contributed by atoms with van der Waals surface area (Å²) in [5.41, 5.74) is 0.0394. The maximum atomic E-state index is 11.4. The van der Waals surface area contributed by atoms with Crippen LogP contribution in [-0.4, -0.2) is 35.3 Å². The Balaban J connectivity index is 2.65. The van der Waals surface area contributed by atoms with Crippen LogP contribution in [0.5, 0.6) is 5.75 Å². The van der Waals surface area contributed by atoms with Crippen LogP contribution in [-0.2, 0) is 9.53 Å². The summed E-state index contributed by atoms with van der Waals surface area (Å²) < 4.78 is 5.04. The molecule has 0 saturated heterocycles. The number of nitrogens with one attached hydrogen (secondary N) is 1. The SMILES string of the molecule is CCCOCC(=O)Nc1ccc(O)c(C(=O)O)c1. The molecule has 0 heterocycles. The number of hydrogen-bond donors (Lipinski definition) is 3. The number of hydrogen-bond acceptors (Lipinski definition) is 4. The number of aromatic carboxylic acids is 1. The number of aromatic hydroxyl groups is 1. The maximum absolute atomic E-state index is 11.4. The Labute approximate surface area is 104 Å². The number of rotatable bonds is 6. The number of carbonyl (C=O) groups excluding carboxylic acids is 1. The number of carbonyl (C=O) groups is 2. The van der Waals surface area contributed by atoms with Gasteiger partial charge in [-0.2, -0.15) is 0 Å². The summed E-state index contributed by atoms with van der Waals surface area (Å²) in [6.07, 6.45) is 0.815. The van der Waals surface area contributed by atoms with Crippen molar-refractivity contribution in [1.82, 2.24) is 0 Å². The van der Waals surface area contributed by atoms with Gasteiger partial charge in [0.15, 0.2) is 0 Å². The van der Waals surface area contributed by atoms with Gasteiger partial charge in [-0.05, 0) is 24.6 Å². The van der Waals surface area contributed by atoms with Crippen molar-refractivity contribution in [2.45, 2.75) is 13.3 Å². The molecule has 0 aliphatic heterocycles. The molecule has 1 rings (SSSR count). The van der Waals surface area contributed by atoms with Gasteiger partial charge in [0.25, 0.3) is 0 Å². The first-order valence-corrected chi connectivity index (χ1v) is 5.48. The van der Waals surface area contributed by atoms with Crippen LogP contribution in [0.15, 0.2) is 18.2 Å². The van der Waals surface area contributed by atoms with E-state index in [2.05, 4.69) is 5.32 Å². The van der Waals surface area contributed by atoms with E-state index in [1.54, 1.807) is 0 Å². The third kappa shape index (κ3) is 4.06. The predicted molar refractivity (Wildman–Crippen MR) is 64.8 cm³/mol. The largest absolute Gasteiger partial charge is 0.507 e. The second kappa shape index (κ2) is 6.61. The number of anilines is 1. The van der Waals surface area contributed by atoms with Crippen LogP contribution in [0.25, 0.3) is 0 Å². The molecule has 98 valence electrons. The van der Waals surface area contributed by atoms with Crippen molar-refractivity contribution >= 4 is 17.6 Å². The van der Waals surface area contributed by atoms with E-state index in [0.29, 0.717) is 12.3 Å². The van der Waals surface area contributed by atoms with Gasteiger partial charge in [-0.1, -0.05) is 6.92 Å². The van der Waals surface area contributed by atoms with Crippen LogP contribution >= 0.6 is 0 Å². The molecule has 1 aromatic rings. The molecule has 0 aliphatic rings. The van der Waals surface area contributed by atoms with Crippen LogP contribution < -0.4 is 5.32 Å². The van der Waals surface area contributed by atoms with Crippen molar-refractivity contribution in [2.24, 2.45) is 0 Å². The number of carboxylic acid groups (broad SMARTS) is 1. The second-order valence-corrected chi connectivity index (χ2v) is 3.64. The molecule has 0 atom stereocenters. The zero-order valence-corrected chi connectivity index (χ0v) is 9.97. The molecule has 0 aromatic heterocycles. The summed E-state index contributed by atoms with van der Waals surface area (Å²) >= 11 is 0. The number of carboxylic acids is 1. The van der Waals surface area contributed by atoms with Crippen LogP contribution in [0.2, 0.25) is 0 Å². The van der Waals surface area contributed by atoms with Gasteiger partial charge in [-0.15, -0.1) is 0 Å². The molecule has 0 bridgehead atoms. The Hall–Kier alpha value is -2.08. The molecule has 3 N–H and O–H groups in total. The Morgan fingerprint density at radius 2 is 2.11 bits per heavy atom. The minimum absolute atomic E-state index is 0.0862. The van der Waals surface area contributed by atoms with Crippen LogP contribution in [0.1, 0.15) is 23.7 Å². The molecule has 1 amide bonds. The summed E-state index contributed by atoms with van der Waals surface area (Å²) in [4.78, 5) is 22.2. The summed E-state index contributed by atoms with van der Waals surface area (Å²) in [6.45, 7) is 2.33. The fourth-order valence-corrected chi connectivity index (χ4v) is 1.29. The zero-order chi connectivity index (χ0) is 13.5. The third-order valence-corrected chi connectivity index (χ3v) is 2.09. The molecule has 0 unspecified atom stereocenters. The summed E-state index contributed by atoms with van der Waals surface area (Å²) in [7, 11) is 0. The van der Waals surface area contributed by atoms with Gasteiger partial charge < -0.3 is 20.3 Å². The first kappa shape index (κ1) is 14.0. The van der Waals surface area contributed by atoms with E-state index < -0.39 is 5.97 Å². The lowest BCUT2D eigenvalue weighted by Gasteiger charge is -2.07. The Bertz CT molecular complexity index is 444. The lowest BCUT2D eigenvalue weighted by molar-refractivity contribution is -0.120. The summed E-state index contributed by atoms with van der Waals surface area (Å²) in [5.74, 6) is -1.97. The van der Waals surface area contributed by atoms with Gasteiger partial charge in [0, 0.05) is 12.3 Å². The Morgan fingerprint density at radius 3 is 2.72 bits per heavy atom. The molecular weight excluding hydrogens is 238 g/mol. The van der Waals surface area contributed by atoms with Crippen molar-refractivity contribution in [2.75, 3.05) is 18.5 Å². The topological polar surface area (TPSA) is 95.9 Å². The maximum Gasteiger partial charge on any atom is 0.339 e. The van der Waals surface area contributed by atoms with Crippen LogP contribution in [0, 0.1) is 0 Å². The van der Waals surface area contributed by atoms with Gasteiger partial charge in [0.2, 0.25) is 5.91 Å². The number of phenols is 1. The van der Waals surface area contributed by atoms with E-state index in [1.807, 2.05) is 6.92 Å². The molecule has 0 fully saturated rings. The van der Waals surface area contributed by atoms with Crippen LogP contribution in [0.3, 0.4) is 0 Å². The number of ether oxygens (including phenoxy) is 1. The molecule has 6 heteroatoms. The fourth-order valence-electron chi connectivity index (χ4n) is 1.29. The monoisotopic (exact) mass is 253 g/mol. The summed E-state index contributed by atoms with van der Waals surface area (Å²) in [5, 5.41) is 20.6. The molecular formula is C12H15NO5. The molecule has 0 spiro atoms. The van der Waals surface area contributed by atoms with Crippen molar-refractivity contribution in [1.29, 1.82) is 0 Å². The van der Waals surface area contributed by atoms with Gasteiger partial charge in [-0.25, -0.2) is 4.79 Å². The Kier molecular flexibility index (Phi) is 5.13. The van der Waals surface area contributed by atoms with Gasteiger partial charge in [-0.3, -0.25) is 4.79 Å². The van der Waals surface area contributed by atoms with E-state index in [-0.39, 0.29) is 23.8 Å². The highest BCUT2D eigenvalue weighted by Gasteiger charge is 2.11. The van der Waals surface area contributed by atoms with Crippen molar-refractivity contribution in [3.63, 3.8) is 0 Å². The van der Waals surface area contributed by atoms with Gasteiger partial charge >= 0.3 is 5.97 Å². The zero-order valence-electron chi connectivity index (χ0n) is 9.97.